The molecule has 3 N–H and O–H groups in total. The van der Waals surface area contributed by atoms with Gasteiger partial charge in [-0.15, -0.1) is 0 Å². The molecule has 1 atom stereocenters. The van der Waals surface area contributed by atoms with Crippen LogP contribution in [0.4, 0.5) is 0 Å². The van der Waals surface area contributed by atoms with Gasteiger partial charge in [0.15, 0.2) is 0 Å². The van der Waals surface area contributed by atoms with Gasteiger partial charge in [-0.05, 0) is 48.7 Å². The summed E-state index contributed by atoms with van der Waals surface area (Å²) in [7, 11) is 1.64. The van der Waals surface area contributed by atoms with E-state index >= 15 is 0 Å². The van der Waals surface area contributed by atoms with Gasteiger partial charge in [0.2, 0.25) is 0 Å². The van der Waals surface area contributed by atoms with E-state index in [-0.39, 0.29) is 6.04 Å². The second-order valence-corrected chi connectivity index (χ2v) is 5.21. The van der Waals surface area contributed by atoms with Crippen LogP contribution < -0.4 is 16.0 Å². The minimum absolute atomic E-state index is 0.163. The van der Waals surface area contributed by atoms with E-state index in [0.29, 0.717) is 5.02 Å². The van der Waals surface area contributed by atoms with Gasteiger partial charge in [0, 0.05) is 10.6 Å². The molecule has 106 valence electrons. The van der Waals surface area contributed by atoms with Gasteiger partial charge in [-0.3, -0.25) is 5.84 Å². The molecule has 0 saturated carbocycles. The molecule has 0 fully saturated rings. The molecule has 1 unspecified atom stereocenters. The maximum atomic E-state index is 6.11. The van der Waals surface area contributed by atoms with Crippen molar-refractivity contribution in [3.05, 3.63) is 63.7 Å². The first-order chi connectivity index (χ1) is 9.58. The fourth-order valence-electron chi connectivity index (χ4n) is 2.36. The Balaban J connectivity index is 2.58. The Morgan fingerprint density at radius 1 is 1.15 bits per heavy atom. The monoisotopic (exact) mass is 290 g/mol. The zero-order chi connectivity index (χ0) is 14.7. The lowest BCUT2D eigenvalue weighted by Gasteiger charge is -2.22. The van der Waals surface area contributed by atoms with Crippen LogP contribution in [-0.2, 0) is 0 Å². The van der Waals surface area contributed by atoms with Crippen molar-refractivity contribution in [3.63, 3.8) is 0 Å². The van der Waals surface area contributed by atoms with Crippen LogP contribution in [0.1, 0.15) is 28.3 Å². The van der Waals surface area contributed by atoms with Crippen molar-refractivity contribution in [1.29, 1.82) is 0 Å². The molecule has 0 heterocycles. The van der Waals surface area contributed by atoms with Gasteiger partial charge in [0.05, 0.1) is 13.2 Å². The van der Waals surface area contributed by atoms with Crippen LogP contribution in [0.5, 0.6) is 5.75 Å². The molecule has 0 bridgehead atoms. The predicted octanol–water partition coefficient (Wildman–Crippen LogP) is 3.52. The smallest absolute Gasteiger partial charge is 0.124 e. The van der Waals surface area contributed by atoms with Crippen LogP contribution in [0.15, 0.2) is 36.4 Å². The number of ether oxygens (including phenoxy) is 1. The number of benzene rings is 2. The summed E-state index contributed by atoms with van der Waals surface area (Å²) in [6.45, 7) is 4.17. The van der Waals surface area contributed by atoms with Gasteiger partial charge in [0.25, 0.3) is 0 Å². The Hall–Kier alpha value is -1.55. The largest absolute Gasteiger partial charge is 0.496 e. The standard InChI is InChI=1S/C16H19ClN2O/c1-10-5-4-6-13(11(10)2)16(19-18)14-9-12(17)7-8-15(14)20-3/h4-9,16,19H,18H2,1-3H3. The minimum atomic E-state index is -0.163. The molecule has 2 rings (SSSR count). The minimum Gasteiger partial charge on any atom is -0.496 e. The summed E-state index contributed by atoms with van der Waals surface area (Å²) < 4.78 is 5.42. The summed E-state index contributed by atoms with van der Waals surface area (Å²) in [4.78, 5) is 0. The molecule has 0 aromatic heterocycles. The van der Waals surface area contributed by atoms with Crippen molar-refractivity contribution < 1.29 is 4.74 Å². The predicted molar refractivity (Wildman–Crippen MR) is 83.1 cm³/mol. The average Bonchev–Trinajstić information content (AvgIpc) is 2.44. The Morgan fingerprint density at radius 2 is 1.90 bits per heavy atom. The second kappa shape index (κ2) is 6.27. The molecule has 0 aliphatic carbocycles. The van der Waals surface area contributed by atoms with Crippen LogP contribution in [0.25, 0.3) is 0 Å². The number of hydrogen-bond donors (Lipinski definition) is 2. The van der Waals surface area contributed by atoms with Gasteiger partial charge in [-0.2, -0.15) is 0 Å². The summed E-state index contributed by atoms with van der Waals surface area (Å²) in [5.74, 6) is 6.54. The van der Waals surface area contributed by atoms with Crippen molar-refractivity contribution in [3.8, 4) is 5.75 Å². The first kappa shape index (κ1) is 14.9. The third-order valence-electron chi connectivity index (χ3n) is 3.63. The van der Waals surface area contributed by atoms with Gasteiger partial charge >= 0.3 is 0 Å². The molecule has 0 amide bonds. The third kappa shape index (κ3) is 2.80. The number of hydrogen-bond acceptors (Lipinski definition) is 3. The highest BCUT2D eigenvalue weighted by atomic mass is 35.5. The summed E-state index contributed by atoms with van der Waals surface area (Å²) in [5, 5.41) is 0.659. The summed E-state index contributed by atoms with van der Waals surface area (Å²) in [6.07, 6.45) is 0. The van der Waals surface area contributed by atoms with Crippen LogP contribution in [0, 0.1) is 13.8 Å². The first-order valence-corrected chi connectivity index (χ1v) is 6.82. The van der Waals surface area contributed by atoms with E-state index in [1.807, 2.05) is 18.2 Å². The fraction of sp³-hybridized carbons (Fsp3) is 0.250. The Labute approximate surface area is 124 Å². The second-order valence-electron chi connectivity index (χ2n) is 4.78. The number of hydrazine groups is 1. The van der Waals surface area contributed by atoms with E-state index in [2.05, 4.69) is 31.4 Å². The highest BCUT2D eigenvalue weighted by Gasteiger charge is 2.19. The number of methoxy groups -OCH3 is 1. The van der Waals surface area contributed by atoms with E-state index < -0.39 is 0 Å². The molecule has 0 aliphatic rings. The van der Waals surface area contributed by atoms with Crippen LogP contribution in [0.3, 0.4) is 0 Å². The molecule has 4 heteroatoms. The molecule has 0 radical (unpaired) electrons. The van der Waals surface area contributed by atoms with Gasteiger partial charge in [-0.1, -0.05) is 29.8 Å². The van der Waals surface area contributed by atoms with E-state index in [1.165, 1.54) is 11.1 Å². The lowest BCUT2D eigenvalue weighted by Crippen LogP contribution is -2.29. The van der Waals surface area contributed by atoms with Gasteiger partial charge in [-0.25, -0.2) is 5.43 Å². The SMILES string of the molecule is COc1ccc(Cl)cc1C(NN)c1cccc(C)c1C. The molecule has 2 aromatic rings. The Kier molecular flexibility index (Phi) is 4.65. The molecule has 0 aliphatic heterocycles. The molecule has 2 aromatic carbocycles. The third-order valence-corrected chi connectivity index (χ3v) is 3.86. The number of rotatable bonds is 4. The Bertz CT molecular complexity index is 613. The van der Waals surface area contributed by atoms with Crippen molar-refractivity contribution in [2.45, 2.75) is 19.9 Å². The van der Waals surface area contributed by atoms with Crippen LogP contribution >= 0.6 is 11.6 Å². The van der Waals surface area contributed by atoms with Crippen LogP contribution in [-0.4, -0.2) is 7.11 Å². The molecule has 20 heavy (non-hydrogen) atoms. The van der Waals surface area contributed by atoms with Crippen molar-refractivity contribution in [2.24, 2.45) is 5.84 Å². The molecule has 0 saturated heterocycles. The van der Waals surface area contributed by atoms with E-state index in [1.54, 1.807) is 13.2 Å². The maximum Gasteiger partial charge on any atom is 0.124 e. The van der Waals surface area contributed by atoms with E-state index in [4.69, 9.17) is 22.2 Å². The highest BCUT2D eigenvalue weighted by Crippen LogP contribution is 2.33. The Morgan fingerprint density at radius 3 is 2.55 bits per heavy atom. The fourth-order valence-corrected chi connectivity index (χ4v) is 2.54. The summed E-state index contributed by atoms with van der Waals surface area (Å²) in [5.41, 5.74) is 7.34. The number of nitrogens with one attached hydrogen (secondary N) is 1. The molecular weight excluding hydrogens is 272 g/mol. The number of aryl methyl sites for hydroxylation is 1. The van der Waals surface area contributed by atoms with E-state index in [9.17, 15) is 0 Å². The lowest BCUT2D eigenvalue weighted by molar-refractivity contribution is 0.404. The average molecular weight is 291 g/mol. The van der Waals surface area contributed by atoms with Crippen molar-refractivity contribution >= 4 is 11.6 Å². The quantitative estimate of drug-likeness (QED) is 0.669. The van der Waals surface area contributed by atoms with Crippen molar-refractivity contribution in [1.82, 2.24) is 5.43 Å². The normalized spacial score (nSPS) is 12.2. The van der Waals surface area contributed by atoms with Crippen LogP contribution in [0.2, 0.25) is 5.02 Å². The maximum absolute atomic E-state index is 6.11. The van der Waals surface area contributed by atoms with Crippen molar-refractivity contribution in [2.75, 3.05) is 7.11 Å². The topological polar surface area (TPSA) is 47.3 Å². The molecule has 3 nitrogen and oxygen atoms in total. The lowest BCUT2D eigenvalue weighted by atomic mass is 9.92. The highest BCUT2D eigenvalue weighted by molar-refractivity contribution is 6.30. The summed E-state index contributed by atoms with van der Waals surface area (Å²) in [6, 6.07) is 11.6. The number of nitrogens with two attached hydrogens (primary N) is 1. The zero-order valence-electron chi connectivity index (χ0n) is 11.9. The van der Waals surface area contributed by atoms with E-state index in [0.717, 1.165) is 16.9 Å². The zero-order valence-corrected chi connectivity index (χ0v) is 12.7. The first-order valence-electron chi connectivity index (χ1n) is 6.44. The van der Waals surface area contributed by atoms with Gasteiger partial charge < -0.3 is 4.74 Å². The molecule has 0 spiro atoms. The number of halogens is 1. The summed E-state index contributed by atoms with van der Waals surface area (Å²) >= 11 is 6.11. The van der Waals surface area contributed by atoms with Gasteiger partial charge in [0.1, 0.15) is 5.75 Å². The molecular formula is C16H19ClN2O.